The number of sulfonamides is 1. The van der Waals surface area contributed by atoms with Crippen LogP contribution in [-0.2, 0) is 16.6 Å². The standard InChI is InChI=1S/C11H11ClN2O3S2/c1-7-5-18-6-8(7)3-14-19(16,17)9-2-10(12)11(15)13-4-9/h2,4-6,14H,3H2,1H3,(H,13,15). The van der Waals surface area contributed by atoms with Gasteiger partial charge in [-0.3, -0.25) is 4.79 Å². The molecule has 0 atom stereocenters. The predicted molar refractivity (Wildman–Crippen MR) is 75.2 cm³/mol. The normalized spacial score (nSPS) is 11.7. The molecule has 2 N–H and O–H groups in total. The van der Waals surface area contributed by atoms with Crippen LogP contribution in [0, 0.1) is 6.92 Å². The number of H-pyrrole nitrogens is 1. The van der Waals surface area contributed by atoms with Gasteiger partial charge in [-0.15, -0.1) is 0 Å². The smallest absolute Gasteiger partial charge is 0.266 e. The SMILES string of the molecule is Cc1cscc1CNS(=O)(=O)c1c[nH]c(=O)c(Cl)c1. The van der Waals surface area contributed by atoms with Crippen molar-refractivity contribution < 1.29 is 8.42 Å². The third-order valence-electron chi connectivity index (χ3n) is 2.56. The fourth-order valence-electron chi connectivity index (χ4n) is 1.42. The monoisotopic (exact) mass is 318 g/mol. The molecule has 0 radical (unpaired) electrons. The molecule has 0 saturated carbocycles. The van der Waals surface area contributed by atoms with E-state index in [1.54, 1.807) is 0 Å². The quantitative estimate of drug-likeness (QED) is 0.903. The van der Waals surface area contributed by atoms with E-state index in [1.165, 1.54) is 11.3 Å². The lowest BCUT2D eigenvalue weighted by Crippen LogP contribution is -2.24. The number of hydrogen-bond acceptors (Lipinski definition) is 4. The second-order valence-electron chi connectivity index (χ2n) is 3.92. The van der Waals surface area contributed by atoms with Crippen LogP contribution in [0.15, 0.2) is 32.7 Å². The summed E-state index contributed by atoms with van der Waals surface area (Å²) < 4.78 is 26.5. The van der Waals surface area contributed by atoms with Crippen molar-refractivity contribution in [2.24, 2.45) is 0 Å². The van der Waals surface area contributed by atoms with E-state index in [0.717, 1.165) is 23.4 Å². The van der Waals surface area contributed by atoms with E-state index in [4.69, 9.17) is 11.6 Å². The average molecular weight is 319 g/mol. The zero-order chi connectivity index (χ0) is 14.0. The third-order valence-corrected chi connectivity index (χ3v) is 5.13. The van der Waals surface area contributed by atoms with Crippen molar-refractivity contribution in [2.45, 2.75) is 18.4 Å². The Kier molecular flexibility index (Phi) is 4.10. The van der Waals surface area contributed by atoms with Gasteiger partial charge in [-0.1, -0.05) is 11.6 Å². The number of aryl methyl sites for hydroxylation is 1. The number of nitrogens with one attached hydrogen (secondary N) is 2. The van der Waals surface area contributed by atoms with E-state index in [0.29, 0.717) is 0 Å². The Hall–Kier alpha value is -1.15. The topological polar surface area (TPSA) is 79.0 Å². The lowest BCUT2D eigenvalue weighted by molar-refractivity contribution is 0.581. The minimum Gasteiger partial charge on any atom is -0.326 e. The van der Waals surface area contributed by atoms with Crippen LogP contribution in [0.25, 0.3) is 0 Å². The fourth-order valence-corrected chi connectivity index (χ4v) is 3.51. The molecule has 0 bridgehead atoms. The highest BCUT2D eigenvalue weighted by molar-refractivity contribution is 7.89. The molecule has 2 heterocycles. The summed E-state index contributed by atoms with van der Waals surface area (Å²) in [5.41, 5.74) is 1.44. The summed E-state index contributed by atoms with van der Waals surface area (Å²) >= 11 is 7.12. The average Bonchev–Trinajstić information content (AvgIpc) is 2.76. The van der Waals surface area contributed by atoms with Crippen LogP contribution in [0.4, 0.5) is 0 Å². The van der Waals surface area contributed by atoms with E-state index in [-0.39, 0.29) is 16.5 Å². The van der Waals surface area contributed by atoms with Crippen molar-refractivity contribution in [3.8, 4) is 0 Å². The van der Waals surface area contributed by atoms with Crippen LogP contribution >= 0.6 is 22.9 Å². The molecule has 0 amide bonds. The Labute approximate surface area is 119 Å². The van der Waals surface area contributed by atoms with Gasteiger partial charge in [-0.25, -0.2) is 13.1 Å². The first-order chi connectivity index (χ1) is 8.90. The lowest BCUT2D eigenvalue weighted by Gasteiger charge is -2.06. The van der Waals surface area contributed by atoms with Crippen molar-refractivity contribution in [1.29, 1.82) is 0 Å². The van der Waals surface area contributed by atoms with Crippen LogP contribution in [0.2, 0.25) is 5.02 Å². The van der Waals surface area contributed by atoms with Gasteiger partial charge >= 0.3 is 0 Å². The summed E-state index contributed by atoms with van der Waals surface area (Å²) in [5.74, 6) is 0. The summed E-state index contributed by atoms with van der Waals surface area (Å²) in [6.07, 6.45) is 1.12. The van der Waals surface area contributed by atoms with Crippen molar-refractivity contribution in [2.75, 3.05) is 0 Å². The second-order valence-corrected chi connectivity index (χ2v) is 6.83. The van der Waals surface area contributed by atoms with Crippen LogP contribution in [0.1, 0.15) is 11.1 Å². The summed E-state index contributed by atoms with van der Waals surface area (Å²) in [5, 5.41) is 3.67. The van der Waals surface area contributed by atoms with Crippen LogP contribution in [0.5, 0.6) is 0 Å². The Morgan fingerprint density at radius 3 is 2.74 bits per heavy atom. The van der Waals surface area contributed by atoms with Crippen LogP contribution < -0.4 is 10.3 Å². The van der Waals surface area contributed by atoms with Gasteiger partial charge in [0.2, 0.25) is 10.0 Å². The molecule has 2 rings (SSSR count). The number of thiophene rings is 1. The molecule has 102 valence electrons. The van der Waals surface area contributed by atoms with E-state index in [2.05, 4.69) is 9.71 Å². The van der Waals surface area contributed by atoms with Crippen LogP contribution in [-0.4, -0.2) is 13.4 Å². The number of hydrogen-bond donors (Lipinski definition) is 2. The van der Waals surface area contributed by atoms with Crippen molar-refractivity contribution >= 4 is 33.0 Å². The van der Waals surface area contributed by atoms with E-state index in [1.807, 2.05) is 17.7 Å². The molecular formula is C11H11ClN2O3S2. The molecule has 5 nitrogen and oxygen atoms in total. The maximum Gasteiger partial charge on any atom is 0.266 e. The molecule has 0 unspecified atom stereocenters. The summed E-state index contributed by atoms with van der Waals surface area (Å²) in [6.45, 7) is 2.12. The van der Waals surface area contributed by atoms with Crippen molar-refractivity contribution in [3.63, 3.8) is 0 Å². The molecule has 2 aromatic heterocycles. The predicted octanol–water partition coefficient (Wildman–Crippen LogP) is 1.88. The van der Waals surface area contributed by atoms with Gasteiger partial charge in [-0.05, 0) is 34.9 Å². The van der Waals surface area contributed by atoms with Gasteiger partial charge in [0.05, 0.1) is 4.90 Å². The minimum absolute atomic E-state index is 0.0648. The van der Waals surface area contributed by atoms with Crippen molar-refractivity contribution in [1.82, 2.24) is 9.71 Å². The molecule has 0 aliphatic carbocycles. The minimum atomic E-state index is -3.69. The highest BCUT2D eigenvalue weighted by Crippen LogP contribution is 2.15. The first-order valence-electron chi connectivity index (χ1n) is 5.30. The van der Waals surface area contributed by atoms with Gasteiger partial charge in [0.15, 0.2) is 0 Å². The molecule has 2 aromatic rings. The Bertz CT molecular complexity index is 749. The van der Waals surface area contributed by atoms with Crippen LogP contribution in [0.3, 0.4) is 0 Å². The Morgan fingerprint density at radius 2 is 2.16 bits per heavy atom. The number of rotatable bonds is 4. The fraction of sp³-hybridized carbons (Fsp3) is 0.182. The molecule has 0 spiro atoms. The molecule has 0 aliphatic rings. The Morgan fingerprint density at radius 1 is 1.42 bits per heavy atom. The van der Waals surface area contributed by atoms with Gasteiger partial charge < -0.3 is 4.98 Å². The summed E-state index contributed by atoms with van der Waals surface area (Å²) in [6, 6.07) is 1.13. The second kappa shape index (κ2) is 5.46. The highest BCUT2D eigenvalue weighted by Gasteiger charge is 2.15. The molecule has 0 aliphatic heterocycles. The maximum atomic E-state index is 12.0. The summed E-state index contributed by atoms with van der Waals surface area (Å²) in [4.78, 5) is 13.3. The first-order valence-corrected chi connectivity index (χ1v) is 8.10. The number of halogens is 1. The molecule has 0 saturated heterocycles. The Balaban J connectivity index is 2.21. The number of pyridine rings is 1. The number of aromatic nitrogens is 1. The highest BCUT2D eigenvalue weighted by atomic mass is 35.5. The van der Waals surface area contributed by atoms with E-state index >= 15 is 0 Å². The zero-order valence-electron chi connectivity index (χ0n) is 9.94. The zero-order valence-corrected chi connectivity index (χ0v) is 12.3. The van der Waals surface area contributed by atoms with Gasteiger partial charge in [0.25, 0.3) is 5.56 Å². The third kappa shape index (κ3) is 3.24. The van der Waals surface area contributed by atoms with Gasteiger partial charge in [-0.2, -0.15) is 11.3 Å². The lowest BCUT2D eigenvalue weighted by atomic mass is 10.2. The molecular weight excluding hydrogens is 308 g/mol. The van der Waals surface area contributed by atoms with Gasteiger partial charge in [0, 0.05) is 12.7 Å². The molecule has 8 heteroatoms. The number of aromatic amines is 1. The van der Waals surface area contributed by atoms with E-state index in [9.17, 15) is 13.2 Å². The van der Waals surface area contributed by atoms with Gasteiger partial charge in [0.1, 0.15) is 5.02 Å². The van der Waals surface area contributed by atoms with Crippen molar-refractivity contribution in [3.05, 3.63) is 49.5 Å². The maximum absolute atomic E-state index is 12.0. The molecule has 0 aromatic carbocycles. The first kappa shape index (κ1) is 14.3. The van der Waals surface area contributed by atoms with E-state index < -0.39 is 15.6 Å². The largest absolute Gasteiger partial charge is 0.326 e. The molecule has 0 fully saturated rings. The molecule has 19 heavy (non-hydrogen) atoms. The summed E-state index contributed by atoms with van der Waals surface area (Å²) in [7, 11) is -3.69.